The number of nitrogens with zero attached hydrogens (tertiary/aromatic N) is 1. The standard InChI is InChI=1S/C18H26N2/c1-6-18(19-5)16-7-8-20(11-16)12-17-14(3)9-13(2)10-15(17)4/h7-11,18-19H,6,12H2,1-5H3. The van der Waals surface area contributed by atoms with Gasteiger partial charge in [-0.05, 0) is 62.6 Å². The molecule has 0 radical (unpaired) electrons. The molecule has 0 spiro atoms. The van der Waals surface area contributed by atoms with Crippen molar-refractivity contribution in [1.82, 2.24) is 9.88 Å². The van der Waals surface area contributed by atoms with Crippen LogP contribution in [0.25, 0.3) is 0 Å². The third-order valence-electron chi connectivity index (χ3n) is 4.11. The highest BCUT2D eigenvalue weighted by atomic mass is 15.0. The lowest BCUT2D eigenvalue weighted by Crippen LogP contribution is -2.14. The van der Waals surface area contributed by atoms with Crippen LogP contribution >= 0.6 is 0 Å². The van der Waals surface area contributed by atoms with Crippen molar-refractivity contribution in [3.63, 3.8) is 0 Å². The number of hydrogen-bond donors (Lipinski definition) is 1. The van der Waals surface area contributed by atoms with Gasteiger partial charge in [-0.15, -0.1) is 0 Å². The minimum Gasteiger partial charge on any atom is -0.350 e. The summed E-state index contributed by atoms with van der Waals surface area (Å²) in [4.78, 5) is 0. The number of aryl methyl sites for hydroxylation is 3. The maximum Gasteiger partial charge on any atom is 0.0475 e. The van der Waals surface area contributed by atoms with Gasteiger partial charge >= 0.3 is 0 Å². The minimum atomic E-state index is 0.455. The van der Waals surface area contributed by atoms with E-state index in [0.717, 1.165) is 13.0 Å². The predicted molar refractivity (Wildman–Crippen MR) is 86.3 cm³/mol. The molecule has 0 saturated heterocycles. The monoisotopic (exact) mass is 270 g/mol. The van der Waals surface area contributed by atoms with Crippen LogP contribution in [0.2, 0.25) is 0 Å². The van der Waals surface area contributed by atoms with E-state index in [9.17, 15) is 0 Å². The summed E-state index contributed by atoms with van der Waals surface area (Å²) in [5.41, 5.74) is 6.93. The Hall–Kier alpha value is -1.54. The van der Waals surface area contributed by atoms with Crippen molar-refractivity contribution in [2.75, 3.05) is 7.05 Å². The molecule has 0 bridgehead atoms. The Morgan fingerprint density at radius 1 is 1.15 bits per heavy atom. The van der Waals surface area contributed by atoms with Gasteiger partial charge in [0.15, 0.2) is 0 Å². The van der Waals surface area contributed by atoms with Gasteiger partial charge in [-0.25, -0.2) is 0 Å². The first-order valence-corrected chi connectivity index (χ1v) is 7.44. The van der Waals surface area contributed by atoms with Gasteiger partial charge in [0, 0.05) is 25.0 Å². The molecular formula is C18H26N2. The third-order valence-corrected chi connectivity index (χ3v) is 4.11. The molecule has 1 unspecified atom stereocenters. The molecule has 1 N–H and O–H groups in total. The normalized spacial score (nSPS) is 12.7. The quantitative estimate of drug-likeness (QED) is 0.864. The van der Waals surface area contributed by atoms with Gasteiger partial charge < -0.3 is 9.88 Å². The van der Waals surface area contributed by atoms with E-state index in [4.69, 9.17) is 0 Å². The van der Waals surface area contributed by atoms with Gasteiger partial charge in [0.05, 0.1) is 0 Å². The van der Waals surface area contributed by atoms with E-state index in [0.29, 0.717) is 6.04 Å². The van der Waals surface area contributed by atoms with E-state index >= 15 is 0 Å². The largest absolute Gasteiger partial charge is 0.350 e. The molecule has 0 saturated carbocycles. The molecule has 0 fully saturated rings. The lowest BCUT2D eigenvalue weighted by Gasteiger charge is -2.13. The highest BCUT2D eigenvalue weighted by Crippen LogP contribution is 2.20. The summed E-state index contributed by atoms with van der Waals surface area (Å²) < 4.78 is 2.29. The summed E-state index contributed by atoms with van der Waals surface area (Å²) >= 11 is 0. The fourth-order valence-electron chi connectivity index (χ4n) is 3.01. The molecule has 0 amide bonds. The molecule has 1 atom stereocenters. The lowest BCUT2D eigenvalue weighted by atomic mass is 10.00. The van der Waals surface area contributed by atoms with Gasteiger partial charge in [0.2, 0.25) is 0 Å². The van der Waals surface area contributed by atoms with Crippen LogP contribution in [0.4, 0.5) is 0 Å². The molecule has 2 heteroatoms. The number of nitrogens with one attached hydrogen (secondary N) is 1. The molecule has 2 nitrogen and oxygen atoms in total. The molecule has 0 aliphatic rings. The van der Waals surface area contributed by atoms with E-state index in [-0.39, 0.29) is 0 Å². The van der Waals surface area contributed by atoms with Crippen molar-refractivity contribution in [2.45, 2.75) is 46.7 Å². The maximum atomic E-state index is 3.36. The molecule has 1 aromatic carbocycles. The average Bonchev–Trinajstić information content (AvgIpc) is 2.84. The van der Waals surface area contributed by atoms with Crippen LogP contribution in [-0.4, -0.2) is 11.6 Å². The first-order valence-electron chi connectivity index (χ1n) is 7.44. The smallest absolute Gasteiger partial charge is 0.0475 e. The molecule has 1 aromatic heterocycles. The summed E-state index contributed by atoms with van der Waals surface area (Å²) in [6, 6.07) is 7.23. The van der Waals surface area contributed by atoms with Crippen LogP contribution in [0.3, 0.4) is 0 Å². The first kappa shape index (κ1) is 14.9. The van der Waals surface area contributed by atoms with Crippen molar-refractivity contribution in [3.8, 4) is 0 Å². The Balaban J connectivity index is 2.23. The second-order valence-electron chi connectivity index (χ2n) is 5.74. The van der Waals surface area contributed by atoms with Crippen LogP contribution < -0.4 is 5.32 Å². The highest BCUT2D eigenvalue weighted by Gasteiger charge is 2.09. The van der Waals surface area contributed by atoms with Crippen LogP contribution in [0, 0.1) is 20.8 Å². The van der Waals surface area contributed by atoms with E-state index < -0.39 is 0 Å². The topological polar surface area (TPSA) is 17.0 Å². The van der Waals surface area contributed by atoms with Gasteiger partial charge in [0.1, 0.15) is 0 Å². The van der Waals surface area contributed by atoms with Crippen LogP contribution in [-0.2, 0) is 6.54 Å². The summed E-state index contributed by atoms with van der Waals surface area (Å²) in [6.07, 6.45) is 5.57. The summed E-state index contributed by atoms with van der Waals surface area (Å²) in [5, 5.41) is 3.36. The van der Waals surface area contributed by atoms with Crippen molar-refractivity contribution in [2.24, 2.45) is 0 Å². The van der Waals surface area contributed by atoms with E-state index in [2.05, 4.69) is 68.2 Å². The second-order valence-corrected chi connectivity index (χ2v) is 5.74. The van der Waals surface area contributed by atoms with Crippen LogP contribution in [0.1, 0.15) is 47.2 Å². The zero-order valence-electron chi connectivity index (χ0n) is 13.3. The molecule has 2 aromatic rings. The maximum absolute atomic E-state index is 3.36. The fourth-order valence-corrected chi connectivity index (χ4v) is 3.01. The average molecular weight is 270 g/mol. The Morgan fingerprint density at radius 2 is 1.80 bits per heavy atom. The van der Waals surface area contributed by atoms with Gasteiger partial charge in [-0.2, -0.15) is 0 Å². The Morgan fingerprint density at radius 3 is 2.35 bits per heavy atom. The van der Waals surface area contributed by atoms with Crippen LogP contribution in [0.15, 0.2) is 30.6 Å². The van der Waals surface area contributed by atoms with Crippen LogP contribution in [0.5, 0.6) is 0 Å². The SMILES string of the molecule is CCC(NC)c1ccn(Cc2c(C)cc(C)cc2C)c1. The summed E-state index contributed by atoms with van der Waals surface area (Å²) in [6.45, 7) is 9.76. The number of rotatable bonds is 5. The number of aromatic nitrogens is 1. The Labute approximate surface area is 122 Å². The third kappa shape index (κ3) is 3.13. The van der Waals surface area contributed by atoms with Crippen molar-refractivity contribution >= 4 is 0 Å². The van der Waals surface area contributed by atoms with Crippen molar-refractivity contribution < 1.29 is 0 Å². The molecule has 0 aliphatic carbocycles. The van der Waals surface area contributed by atoms with Gasteiger partial charge in [-0.3, -0.25) is 0 Å². The number of benzene rings is 1. The lowest BCUT2D eigenvalue weighted by molar-refractivity contribution is 0.575. The Bertz CT molecular complexity index is 554. The summed E-state index contributed by atoms with van der Waals surface area (Å²) in [5.74, 6) is 0. The molecule has 1 heterocycles. The second kappa shape index (κ2) is 6.27. The predicted octanol–water partition coefficient (Wildman–Crippen LogP) is 4.13. The summed E-state index contributed by atoms with van der Waals surface area (Å²) in [7, 11) is 2.03. The molecule has 0 aliphatic heterocycles. The van der Waals surface area contributed by atoms with E-state index in [1.165, 1.54) is 27.8 Å². The zero-order chi connectivity index (χ0) is 14.7. The first-order chi connectivity index (χ1) is 9.55. The molecule has 20 heavy (non-hydrogen) atoms. The van der Waals surface area contributed by atoms with Gasteiger partial charge in [-0.1, -0.05) is 24.6 Å². The zero-order valence-corrected chi connectivity index (χ0v) is 13.3. The van der Waals surface area contributed by atoms with E-state index in [1.54, 1.807) is 0 Å². The Kier molecular flexibility index (Phi) is 4.66. The van der Waals surface area contributed by atoms with E-state index in [1.807, 2.05) is 7.05 Å². The number of hydrogen-bond acceptors (Lipinski definition) is 1. The fraction of sp³-hybridized carbons (Fsp3) is 0.444. The molecular weight excluding hydrogens is 244 g/mol. The van der Waals surface area contributed by atoms with Crippen molar-refractivity contribution in [3.05, 3.63) is 58.4 Å². The molecule has 108 valence electrons. The molecule has 2 rings (SSSR count). The van der Waals surface area contributed by atoms with Gasteiger partial charge in [0.25, 0.3) is 0 Å². The minimum absolute atomic E-state index is 0.455. The van der Waals surface area contributed by atoms with Crippen molar-refractivity contribution in [1.29, 1.82) is 0 Å². The highest BCUT2D eigenvalue weighted by molar-refractivity contribution is 5.37.